The third-order valence-electron chi connectivity index (χ3n) is 4.54. The van der Waals surface area contributed by atoms with E-state index in [0.29, 0.717) is 40.0 Å². The van der Waals surface area contributed by atoms with Crippen molar-refractivity contribution in [3.8, 4) is 16.2 Å². The summed E-state index contributed by atoms with van der Waals surface area (Å²) in [7, 11) is 0. The van der Waals surface area contributed by atoms with Crippen LogP contribution in [0, 0.1) is 24.4 Å². The Hall–Kier alpha value is -2.67. The summed E-state index contributed by atoms with van der Waals surface area (Å²) in [6.45, 7) is 3.56. The molecule has 2 aromatic carbocycles. The van der Waals surface area contributed by atoms with E-state index in [1.165, 1.54) is 6.07 Å². The van der Waals surface area contributed by atoms with Gasteiger partial charge in [0.15, 0.2) is 17.4 Å². The van der Waals surface area contributed by atoms with Crippen LogP contribution < -0.4 is 4.74 Å². The Kier molecular flexibility index (Phi) is 6.69. The molecule has 0 radical (unpaired) electrons. The van der Waals surface area contributed by atoms with Crippen molar-refractivity contribution >= 4 is 17.8 Å². The molecule has 3 nitrogen and oxygen atoms in total. The van der Waals surface area contributed by atoms with Crippen molar-refractivity contribution in [2.45, 2.75) is 39.7 Å². The summed E-state index contributed by atoms with van der Waals surface area (Å²) in [6.07, 6.45) is 1.72. The average molecular weight is 419 g/mol. The molecule has 3 aromatic rings. The van der Waals surface area contributed by atoms with Crippen molar-refractivity contribution in [2.24, 2.45) is 0 Å². The summed E-state index contributed by atoms with van der Waals surface area (Å²) in [4.78, 5) is 11.0. The molecule has 1 aromatic heterocycles. The van der Waals surface area contributed by atoms with Gasteiger partial charge in [0.25, 0.3) is 0 Å². The van der Waals surface area contributed by atoms with Gasteiger partial charge in [0.2, 0.25) is 0 Å². The highest BCUT2D eigenvalue weighted by atomic mass is 32.1. The van der Waals surface area contributed by atoms with Gasteiger partial charge in [-0.15, -0.1) is 0 Å². The lowest BCUT2D eigenvalue weighted by atomic mass is 10.0. The van der Waals surface area contributed by atoms with Crippen molar-refractivity contribution in [1.29, 1.82) is 0 Å². The minimum absolute atomic E-state index is 0.135. The van der Waals surface area contributed by atoms with E-state index in [1.807, 2.05) is 6.92 Å². The summed E-state index contributed by atoms with van der Waals surface area (Å²) in [5.74, 6) is -2.55. The SMILES string of the molecule is CCc1nsc(-c2ccc(C)cc2F)c1COc1c(F)cc(CCC=O)cc1F. The molecule has 152 valence electrons. The lowest BCUT2D eigenvalue weighted by Crippen LogP contribution is -2.04. The summed E-state index contributed by atoms with van der Waals surface area (Å²) >= 11 is 1.14. The zero-order valence-corrected chi connectivity index (χ0v) is 16.9. The van der Waals surface area contributed by atoms with Gasteiger partial charge in [0, 0.05) is 17.5 Å². The molecule has 3 rings (SSSR count). The van der Waals surface area contributed by atoms with Crippen molar-refractivity contribution in [3.05, 3.63) is 70.2 Å². The van der Waals surface area contributed by atoms with Crippen LogP contribution in [-0.2, 0) is 24.2 Å². The van der Waals surface area contributed by atoms with Crippen LogP contribution in [0.5, 0.6) is 5.75 Å². The van der Waals surface area contributed by atoms with Crippen LogP contribution >= 0.6 is 11.5 Å². The van der Waals surface area contributed by atoms with E-state index in [9.17, 15) is 18.0 Å². The number of halogens is 3. The van der Waals surface area contributed by atoms with Gasteiger partial charge in [-0.2, -0.15) is 4.37 Å². The van der Waals surface area contributed by atoms with Crippen molar-refractivity contribution in [2.75, 3.05) is 0 Å². The lowest BCUT2D eigenvalue weighted by molar-refractivity contribution is -0.107. The summed E-state index contributed by atoms with van der Waals surface area (Å²) in [5.41, 5.74) is 2.88. The lowest BCUT2D eigenvalue weighted by Gasteiger charge is -2.12. The second-order valence-corrected chi connectivity index (χ2v) is 7.43. The Labute approximate surface area is 171 Å². The number of rotatable bonds is 8. The van der Waals surface area contributed by atoms with Crippen molar-refractivity contribution in [3.63, 3.8) is 0 Å². The van der Waals surface area contributed by atoms with E-state index in [2.05, 4.69) is 4.37 Å². The van der Waals surface area contributed by atoms with Gasteiger partial charge in [-0.05, 0) is 60.6 Å². The normalized spacial score (nSPS) is 10.9. The summed E-state index contributed by atoms with van der Waals surface area (Å²) in [6, 6.07) is 7.22. The first-order chi connectivity index (χ1) is 13.9. The highest BCUT2D eigenvalue weighted by Gasteiger charge is 2.20. The van der Waals surface area contributed by atoms with Crippen molar-refractivity contribution in [1.82, 2.24) is 4.37 Å². The Morgan fingerprint density at radius 1 is 1.10 bits per heavy atom. The second kappa shape index (κ2) is 9.22. The fourth-order valence-corrected chi connectivity index (χ4v) is 4.04. The standard InChI is InChI=1S/C22H20F3NO2S/c1-3-20-16(22(29-26-20)15-7-6-13(2)9-17(15)23)12-28-21-18(24)10-14(5-4-8-27)11-19(21)25/h6-11H,3-5,12H2,1-2H3. The molecule has 0 fully saturated rings. The first-order valence-electron chi connectivity index (χ1n) is 9.22. The number of aryl methyl sites for hydroxylation is 3. The van der Waals surface area contributed by atoms with Gasteiger partial charge >= 0.3 is 0 Å². The van der Waals surface area contributed by atoms with E-state index in [0.717, 1.165) is 29.2 Å². The molecule has 0 unspecified atom stereocenters. The van der Waals surface area contributed by atoms with E-state index in [-0.39, 0.29) is 25.3 Å². The van der Waals surface area contributed by atoms with E-state index in [1.54, 1.807) is 19.1 Å². The highest BCUT2D eigenvalue weighted by Crippen LogP contribution is 2.34. The first kappa shape index (κ1) is 21.0. The van der Waals surface area contributed by atoms with Gasteiger partial charge in [0.05, 0.1) is 10.6 Å². The summed E-state index contributed by atoms with van der Waals surface area (Å²) < 4.78 is 53.0. The smallest absolute Gasteiger partial charge is 0.191 e. The number of benzene rings is 2. The zero-order valence-electron chi connectivity index (χ0n) is 16.1. The molecule has 29 heavy (non-hydrogen) atoms. The maximum absolute atomic E-state index is 14.5. The van der Waals surface area contributed by atoms with E-state index < -0.39 is 17.4 Å². The van der Waals surface area contributed by atoms with Crippen LogP contribution in [0.25, 0.3) is 10.4 Å². The van der Waals surface area contributed by atoms with Crippen LogP contribution in [0.4, 0.5) is 13.2 Å². The van der Waals surface area contributed by atoms with E-state index >= 15 is 0 Å². The fraction of sp³-hybridized carbons (Fsp3) is 0.273. The Balaban J connectivity index is 1.89. The molecule has 0 saturated carbocycles. The Morgan fingerprint density at radius 2 is 1.83 bits per heavy atom. The minimum Gasteiger partial charge on any atom is -0.483 e. The molecule has 0 aliphatic carbocycles. The number of hydrogen-bond donors (Lipinski definition) is 0. The van der Waals surface area contributed by atoms with Gasteiger partial charge in [-0.3, -0.25) is 0 Å². The molecule has 0 aliphatic rings. The van der Waals surface area contributed by atoms with E-state index in [4.69, 9.17) is 4.74 Å². The molecule has 0 aliphatic heterocycles. The number of aldehydes is 1. The van der Waals surface area contributed by atoms with Crippen LogP contribution in [0.15, 0.2) is 30.3 Å². The number of carbonyl (C=O) groups excluding carboxylic acids is 1. The topological polar surface area (TPSA) is 39.2 Å². The molecule has 0 bridgehead atoms. The monoisotopic (exact) mass is 419 g/mol. The number of nitrogens with zero attached hydrogens (tertiary/aromatic N) is 1. The van der Waals surface area contributed by atoms with Gasteiger partial charge in [0.1, 0.15) is 18.7 Å². The Morgan fingerprint density at radius 3 is 2.45 bits per heavy atom. The number of ether oxygens (including phenoxy) is 1. The molecular formula is C22H20F3NO2S. The second-order valence-electron chi connectivity index (χ2n) is 6.66. The maximum Gasteiger partial charge on any atom is 0.191 e. The van der Waals surface area contributed by atoms with Crippen LogP contribution in [-0.4, -0.2) is 10.7 Å². The molecule has 0 N–H and O–H groups in total. The van der Waals surface area contributed by atoms with Gasteiger partial charge in [-0.1, -0.05) is 19.1 Å². The molecular weight excluding hydrogens is 399 g/mol. The van der Waals surface area contributed by atoms with Crippen LogP contribution in [0.3, 0.4) is 0 Å². The predicted octanol–water partition coefficient (Wildman–Crippen LogP) is 5.81. The molecule has 0 amide bonds. The molecule has 0 spiro atoms. The quantitative estimate of drug-likeness (QED) is 0.433. The van der Waals surface area contributed by atoms with Gasteiger partial charge < -0.3 is 9.53 Å². The third-order valence-corrected chi connectivity index (χ3v) is 5.50. The van der Waals surface area contributed by atoms with Crippen LogP contribution in [0.2, 0.25) is 0 Å². The molecule has 0 atom stereocenters. The van der Waals surface area contributed by atoms with Crippen molar-refractivity contribution < 1.29 is 22.7 Å². The molecule has 0 saturated heterocycles. The first-order valence-corrected chi connectivity index (χ1v) is 10.00. The number of hydrogen-bond acceptors (Lipinski definition) is 4. The average Bonchev–Trinajstić information content (AvgIpc) is 3.08. The Bertz CT molecular complexity index is 1010. The number of aromatic nitrogens is 1. The number of carbonyl (C=O) groups is 1. The maximum atomic E-state index is 14.5. The summed E-state index contributed by atoms with van der Waals surface area (Å²) in [5, 5.41) is 0. The van der Waals surface area contributed by atoms with Gasteiger partial charge in [-0.25, -0.2) is 13.2 Å². The molecule has 7 heteroatoms. The third kappa shape index (κ3) is 4.67. The largest absolute Gasteiger partial charge is 0.483 e. The minimum atomic E-state index is -0.838. The molecule has 1 heterocycles. The highest BCUT2D eigenvalue weighted by molar-refractivity contribution is 7.09. The fourth-order valence-electron chi connectivity index (χ4n) is 3.05. The predicted molar refractivity (Wildman–Crippen MR) is 107 cm³/mol. The zero-order chi connectivity index (χ0) is 21.0. The van der Waals surface area contributed by atoms with Crippen LogP contribution in [0.1, 0.15) is 35.7 Å².